The van der Waals surface area contributed by atoms with Crippen molar-refractivity contribution in [2.45, 2.75) is 19.8 Å². The first-order chi connectivity index (χ1) is 12.2. The van der Waals surface area contributed by atoms with Crippen molar-refractivity contribution in [1.82, 2.24) is 0 Å². The van der Waals surface area contributed by atoms with Crippen LogP contribution in [-0.4, -0.2) is 0 Å². The van der Waals surface area contributed by atoms with Gasteiger partial charge in [0.1, 0.15) is 23.5 Å². The van der Waals surface area contributed by atoms with E-state index in [-0.39, 0.29) is 16.9 Å². The Morgan fingerprint density at radius 1 is 1.08 bits per heavy atom. The number of rotatable bonds is 4. The van der Waals surface area contributed by atoms with Crippen molar-refractivity contribution in [2.75, 3.05) is 0 Å². The van der Waals surface area contributed by atoms with E-state index in [9.17, 15) is 15.3 Å². The Morgan fingerprint density at radius 2 is 1.80 bits per heavy atom. The van der Waals surface area contributed by atoms with Crippen LogP contribution in [0, 0.1) is 22.7 Å². The molecule has 3 rings (SSSR count). The Balaban J connectivity index is 2.09. The topological polar surface area (TPSA) is 87.0 Å². The van der Waals surface area contributed by atoms with E-state index in [4.69, 9.17) is 9.15 Å². The zero-order chi connectivity index (χ0) is 17.8. The third-order valence-electron chi connectivity index (χ3n) is 3.80. The third kappa shape index (κ3) is 3.22. The summed E-state index contributed by atoms with van der Waals surface area (Å²) in [5.74, 6) is 0.586. The zero-order valence-corrected chi connectivity index (χ0v) is 13.6. The second-order valence-electron chi connectivity index (χ2n) is 5.51. The second-order valence-corrected chi connectivity index (χ2v) is 5.51. The molecular weight excluding hydrogens is 316 g/mol. The minimum Gasteiger partial charge on any atom is -0.454 e. The second kappa shape index (κ2) is 6.90. The minimum atomic E-state index is -0.414. The maximum atomic E-state index is 11.8. The quantitative estimate of drug-likeness (QED) is 0.666. The molecule has 0 amide bonds. The van der Waals surface area contributed by atoms with Gasteiger partial charge >= 0.3 is 5.63 Å². The largest absolute Gasteiger partial charge is 0.454 e. The van der Waals surface area contributed by atoms with E-state index in [0.29, 0.717) is 11.3 Å². The van der Waals surface area contributed by atoms with E-state index in [2.05, 4.69) is 0 Å². The molecule has 0 N–H and O–H groups in total. The molecule has 2 aromatic carbocycles. The normalized spacial score (nSPS) is 10.2. The van der Waals surface area contributed by atoms with Crippen LogP contribution in [0.5, 0.6) is 11.5 Å². The molecule has 0 aliphatic carbocycles. The van der Waals surface area contributed by atoms with Crippen LogP contribution in [0.4, 0.5) is 0 Å². The molecular formula is C20H14N2O3. The smallest absolute Gasteiger partial charge is 0.336 e. The van der Waals surface area contributed by atoms with Gasteiger partial charge in [-0.15, -0.1) is 0 Å². The fourth-order valence-corrected chi connectivity index (χ4v) is 2.69. The zero-order valence-electron chi connectivity index (χ0n) is 13.6. The molecule has 0 aliphatic rings. The molecule has 0 aliphatic heterocycles. The van der Waals surface area contributed by atoms with Crippen molar-refractivity contribution in [3.05, 3.63) is 69.6 Å². The number of nitriles is 2. The summed E-state index contributed by atoms with van der Waals surface area (Å²) >= 11 is 0. The van der Waals surface area contributed by atoms with Crippen LogP contribution in [0.15, 0.2) is 51.7 Å². The predicted molar refractivity (Wildman–Crippen MR) is 92.4 cm³/mol. The minimum absolute atomic E-state index is 0.193. The van der Waals surface area contributed by atoms with Gasteiger partial charge in [-0.3, -0.25) is 0 Å². The van der Waals surface area contributed by atoms with Crippen LogP contribution < -0.4 is 10.4 Å². The molecule has 0 bridgehead atoms. The molecule has 5 heteroatoms. The molecule has 25 heavy (non-hydrogen) atoms. The summed E-state index contributed by atoms with van der Waals surface area (Å²) < 4.78 is 11.0. The molecule has 0 saturated carbocycles. The molecule has 122 valence electrons. The summed E-state index contributed by atoms with van der Waals surface area (Å²) in [6.45, 7) is 2.04. The van der Waals surface area contributed by atoms with Crippen LogP contribution in [0.25, 0.3) is 11.0 Å². The lowest BCUT2D eigenvalue weighted by atomic mass is 10.1. The van der Waals surface area contributed by atoms with E-state index in [1.54, 1.807) is 30.3 Å². The van der Waals surface area contributed by atoms with Crippen molar-refractivity contribution in [1.29, 1.82) is 10.5 Å². The summed E-state index contributed by atoms with van der Waals surface area (Å²) in [5.41, 5.74) is 1.46. The highest BCUT2D eigenvalue weighted by molar-refractivity contribution is 5.81. The van der Waals surface area contributed by atoms with Crippen molar-refractivity contribution in [3.63, 3.8) is 0 Å². The first-order valence-corrected chi connectivity index (χ1v) is 7.84. The first kappa shape index (κ1) is 16.3. The van der Waals surface area contributed by atoms with Gasteiger partial charge in [-0.2, -0.15) is 10.5 Å². The van der Waals surface area contributed by atoms with E-state index in [1.807, 2.05) is 25.1 Å². The van der Waals surface area contributed by atoms with Gasteiger partial charge < -0.3 is 9.15 Å². The Labute approximate surface area is 144 Å². The van der Waals surface area contributed by atoms with Crippen LogP contribution in [-0.2, 0) is 6.42 Å². The third-order valence-corrected chi connectivity index (χ3v) is 3.80. The number of aryl methyl sites for hydroxylation is 1. The lowest BCUT2D eigenvalue weighted by Gasteiger charge is -2.10. The number of para-hydroxylation sites is 1. The average Bonchev–Trinajstić information content (AvgIpc) is 2.61. The maximum Gasteiger partial charge on any atom is 0.336 e. The molecule has 0 unspecified atom stereocenters. The van der Waals surface area contributed by atoms with Gasteiger partial charge in [0.25, 0.3) is 0 Å². The number of benzene rings is 2. The Hall–Kier alpha value is -3.57. The highest BCUT2D eigenvalue weighted by Crippen LogP contribution is 2.31. The van der Waals surface area contributed by atoms with Crippen LogP contribution in [0.3, 0.4) is 0 Å². The van der Waals surface area contributed by atoms with Crippen molar-refractivity contribution in [3.8, 4) is 23.6 Å². The highest BCUT2D eigenvalue weighted by atomic mass is 16.5. The molecule has 0 spiro atoms. The van der Waals surface area contributed by atoms with Gasteiger partial charge in [-0.1, -0.05) is 19.4 Å². The molecule has 0 atom stereocenters. The number of ether oxygens (including phenoxy) is 1. The van der Waals surface area contributed by atoms with Crippen LogP contribution in [0.2, 0.25) is 0 Å². The fourth-order valence-electron chi connectivity index (χ4n) is 2.69. The Morgan fingerprint density at radius 3 is 2.44 bits per heavy atom. The van der Waals surface area contributed by atoms with E-state index >= 15 is 0 Å². The van der Waals surface area contributed by atoms with Gasteiger partial charge in [-0.25, -0.2) is 4.79 Å². The SMILES string of the molecule is CCCc1cc(=O)oc2cc(Oc3c(C#N)cccc3C#N)ccc12. The number of hydrogen-bond acceptors (Lipinski definition) is 5. The van der Waals surface area contributed by atoms with Crippen molar-refractivity contribution >= 4 is 11.0 Å². The van der Waals surface area contributed by atoms with E-state index < -0.39 is 5.63 Å². The van der Waals surface area contributed by atoms with Crippen molar-refractivity contribution in [2.24, 2.45) is 0 Å². The summed E-state index contributed by atoms with van der Waals surface area (Å²) in [6, 6.07) is 15.5. The number of hydrogen-bond donors (Lipinski definition) is 0. The molecule has 0 fully saturated rings. The van der Waals surface area contributed by atoms with Gasteiger partial charge in [-0.05, 0) is 36.2 Å². The average molecular weight is 330 g/mol. The van der Waals surface area contributed by atoms with Gasteiger partial charge in [0, 0.05) is 17.5 Å². The first-order valence-electron chi connectivity index (χ1n) is 7.84. The van der Waals surface area contributed by atoms with Crippen LogP contribution in [0.1, 0.15) is 30.0 Å². The Kier molecular flexibility index (Phi) is 4.50. The summed E-state index contributed by atoms with van der Waals surface area (Å²) in [4.78, 5) is 11.8. The van der Waals surface area contributed by atoms with Gasteiger partial charge in [0.15, 0.2) is 5.75 Å². The van der Waals surface area contributed by atoms with E-state index in [1.165, 1.54) is 6.07 Å². The molecule has 0 saturated heterocycles. The summed E-state index contributed by atoms with van der Waals surface area (Å²) in [5, 5.41) is 19.3. The molecule has 0 radical (unpaired) electrons. The number of fused-ring (bicyclic) bond motifs is 1. The lowest BCUT2D eigenvalue weighted by Crippen LogP contribution is -2.01. The lowest BCUT2D eigenvalue weighted by molar-refractivity contribution is 0.477. The standard InChI is InChI=1S/C20H14N2O3/c1-2-4-13-9-19(23)25-18-10-16(7-8-17(13)18)24-20-14(11-21)5-3-6-15(20)12-22/h3,5-10H,2,4H2,1H3. The van der Waals surface area contributed by atoms with Crippen LogP contribution >= 0.6 is 0 Å². The molecule has 1 aromatic heterocycles. The molecule has 1 heterocycles. The summed E-state index contributed by atoms with van der Waals surface area (Å²) in [6.07, 6.45) is 1.69. The fraction of sp³-hybridized carbons (Fsp3) is 0.150. The highest BCUT2D eigenvalue weighted by Gasteiger charge is 2.12. The van der Waals surface area contributed by atoms with Crippen molar-refractivity contribution < 1.29 is 9.15 Å². The summed E-state index contributed by atoms with van der Waals surface area (Å²) in [7, 11) is 0. The van der Waals surface area contributed by atoms with Gasteiger partial charge in [0.2, 0.25) is 0 Å². The number of nitrogens with zero attached hydrogens (tertiary/aromatic N) is 2. The van der Waals surface area contributed by atoms with Gasteiger partial charge in [0.05, 0.1) is 11.1 Å². The van der Waals surface area contributed by atoms with E-state index in [0.717, 1.165) is 23.8 Å². The monoisotopic (exact) mass is 330 g/mol. The predicted octanol–water partition coefficient (Wildman–Crippen LogP) is 4.28. The molecule has 3 aromatic rings. The molecule has 5 nitrogen and oxygen atoms in total. The maximum absolute atomic E-state index is 11.8. The Bertz CT molecular complexity index is 1050.